The Bertz CT molecular complexity index is 2440. The number of hydrogen-bond acceptors (Lipinski definition) is 10. The second kappa shape index (κ2) is 19.1. The van der Waals surface area contributed by atoms with Crippen LogP contribution in [0.5, 0.6) is 0 Å². The number of carbonyl (C=O) groups excluding carboxylic acids is 4. The van der Waals surface area contributed by atoms with Gasteiger partial charge in [0.2, 0.25) is 23.6 Å². The molecule has 3 N–H and O–H groups in total. The Morgan fingerprint density at radius 1 is 0.919 bits per heavy atom. The summed E-state index contributed by atoms with van der Waals surface area (Å²) in [6.45, 7) is 5.67. The maximum absolute atomic E-state index is 14.5. The van der Waals surface area contributed by atoms with Gasteiger partial charge in [0, 0.05) is 63.2 Å². The molecule has 4 aliphatic rings. The number of nitrogens with one attached hydrogen (secondary N) is 3. The standard InChI is InChI=1S/C46H55ClN10O5/c1-3-54-28-39(59)51-42-41(54)43(50-29-49-42)55-26-33-20-21-34(27-55)56(33)45(61)35(30-16-18-32(47)19-17-30)25-48-24-11-9-7-5-4-6-8-10-13-31-14-12-15-36-40(31)53(2)46(62)57(36)37-22-23-38(58)52-44(37)60/h12,14-19,29,33-35,37,48H,3-9,11,20-28H2,1-2H3,(H,52,58,60)(H,49,50,51,59)/t33?,34?,35-,37?/m1/s1. The van der Waals surface area contributed by atoms with Crippen LogP contribution in [-0.2, 0) is 26.2 Å². The van der Waals surface area contributed by atoms with Crippen LogP contribution in [-0.4, -0.2) is 99.0 Å². The molecule has 0 aliphatic carbocycles. The fourth-order valence-electron chi connectivity index (χ4n) is 9.68. The smallest absolute Gasteiger partial charge is 0.329 e. The lowest BCUT2D eigenvalue weighted by atomic mass is 9.95. The highest BCUT2D eigenvalue weighted by Gasteiger charge is 2.46. The number of nitrogens with zero attached hydrogens (tertiary/aromatic N) is 7. The van der Waals surface area contributed by atoms with Gasteiger partial charge in [-0.1, -0.05) is 67.3 Å². The first-order valence-electron chi connectivity index (χ1n) is 22.1. The average molecular weight is 863 g/mol. The van der Waals surface area contributed by atoms with Gasteiger partial charge in [-0.2, -0.15) is 0 Å². The summed E-state index contributed by atoms with van der Waals surface area (Å²) in [4.78, 5) is 79.8. The van der Waals surface area contributed by atoms with Gasteiger partial charge in [-0.15, -0.1) is 0 Å². The van der Waals surface area contributed by atoms with E-state index >= 15 is 0 Å². The predicted octanol–water partition coefficient (Wildman–Crippen LogP) is 4.87. The Morgan fingerprint density at radius 3 is 2.40 bits per heavy atom. The third-order valence-electron chi connectivity index (χ3n) is 12.8. The lowest BCUT2D eigenvalue weighted by Gasteiger charge is -2.44. The molecule has 0 spiro atoms. The topological polar surface area (TPSA) is 167 Å². The monoisotopic (exact) mass is 862 g/mol. The van der Waals surface area contributed by atoms with Crippen LogP contribution in [0.4, 0.5) is 17.3 Å². The van der Waals surface area contributed by atoms with Crippen LogP contribution in [0.1, 0.15) is 101 Å². The molecule has 15 nitrogen and oxygen atoms in total. The number of halogens is 1. The number of anilines is 3. The van der Waals surface area contributed by atoms with E-state index in [2.05, 4.69) is 42.6 Å². The molecule has 3 saturated heterocycles. The summed E-state index contributed by atoms with van der Waals surface area (Å²) in [5, 5.41) is 9.52. The van der Waals surface area contributed by atoms with E-state index in [1.54, 1.807) is 7.05 Å². The molecule has 4 aromatic rings. The number of imide groups is 1. The summed E-state index contributed by atoms with van der Waals surface area (Å²) in [5.41, 5.74) is 3.59. The molecule has 2 bridgehead atoms. The largest absolute Gasteiger partial charge is 0.356 e. The van der Waals surface area contributed by atoms with Crippen LogP contribution in [0, 0.1) is 11.8 Å². The van der Waals surface area contributed by atoms with E-state index in [0.29, 0.717) is 54.5 Å². The number of carbonyl (C=O) groups is 4. The Balaban J connectivity index is 0.797. The van der Waals surface area contributed by atoms with E-state index in [4.69, 9.17) is 16.6 Å². The average Bonchev–Trinajstić information content (AvgIpc) is 3.68. The number of aromatic nitrogens is 4. The molecular weight excluding hydrogens is 808 g/mol. The number of piperazine rings is 1. The first-order valence-corrected chi connectivity index (χ1v) is 22.5. The molecule has 0 saturated carbocycles. The van der Waals surface area contributed by atoms with Gasteiger partial charge in [0.15, 0.2) is 11.6 Å². The Morgan fingerprint density at radius 2 is 1.66 bits per heavy atom. The van der Waals surface area contributed by atoms with Crippen LogP contribution in [0.3, 0.4) is 0 Å². The van der Waals surface area contributed by atoms with Gasteiger partial charge in [0.05, 0.1) is 29.1 Å². The molecule has 62 heavy (non-hydrogen) atoms. The molecule has 3 unspecified atom stereocenters. The Hall–Kier alpha value is -5.72. The molecular formula is C46H55ClN10O5. The highest BCUT2D eigenvalue weighted by atomic mass is 35.5. The molecule has 4 amide bonds. The minimum Gasteiger partial charge on any atom is -0.356 e. The number of amides is 4. The lowest BCUT2D eigenvalue weighted by molar-refractivity contribution is -0.137. The van der Waals surface area contributed by atoms with E-state index < -0.39 is 11.9 Å². The summed E-state index contributed by atoms with van der Waals surface area (Å²) in [6.07, 6.45) is 11.0. The van der Waals surface area contributed by atoms with Gasteiger partial charge in [0.1, 0.15) is 18.1 Å². The van der Waals surface area contributed by atoms with Crippen molar-refractivity contribution in [3.8, 4) is 11.8 Å². The van der Waals surface area contributed by atoms with Crippen molar-refractivity contribution in [1.82, 2.24) is 34.6 Å². The third-order valence-corrected chi connectivity index (χ3v) is 13.1. The van der Waals surface area contributed by atoms with Crippen molar-refractivity contribution in [2.24, 2.45) is 7.05 Å². The Kier molecular flexibility index (Phi) is 13.2. The second-order valence-corrected chi connectivity index (χ2v) is 17.3. The van der Waals surface area contributed by atoms with Crippen molar-refractivity contribution in [1.29, 1.82) is 0 Å². The minimum absolute atomic E-state index is 0.0603. The van der Waals surface area contributed by atoms with Gasteiger partial charge in [-0.05, 0) is 75.4 Å². The van der Waals surface area contributed by atoms with Crippen molar-refractivity contribution in [2.75, 3.05) is 54.4 Å². The zero-order valence-corrected chi connectivity index (χ0v) is 36.3. The van der Waals surface area contributed by atoms with Gasteiger partial charge in [-0.25, -0.2) is 14.8 Å². The van der Waals surface area contributed by atoms with Crippen LogP contribution in [0.2, 0.25) is 5.02 Å². The van der Waals surface area contributed by atoms with E-state index in [1.165, 1.54) is 15.5 Å². The molecule has 3 fully saturated rings. The molecule has 2 aromatic carbocycles. The summed E-state index contributed by atoms with van der Waals surface area (Å²) < 4.78 is 3.03. The molecule has 4 atom stereocenters. The number of imidazole rings is 1. The fourth-order valence-corrected chi connectivity index (χ4v) is 9.81. The number of fused-ring (bicyclic) bond motifs is 4. The summed E-state index contributed by atoms with van der Waals surface area (Å²) >= 11 is 6.27. The van der Waals surface area contributed by atoms with Crippen molar-refractivity contribution < 1.29 is 19.2 Å². The second-order valence-electron chi connectivity index (χ2n) is 16.8. The normalized spacial score (nSPS) is 20.1. The summed E-state index contributed by atoms with van der Waals surface area (Å²) in [7, 11) is 1.69. The molecule has 8 rings (SSSR count). The minimum atomic E-state index is -0.725. The number of rotatable bonds is 15. The maximum Gasteiger partial charge on any atom is 0.329 e. The SMILES string of the molecule is CCN1CC(=O)Nc2ncnc(N3CC4CCC(C3)N4C(=O)[C@H](CNCCCCCCCCC#Cc3cccc4c3n(C)c(=O)n4C3CCC(=O)NC3=O)c3ccc(Cl)cc3)c21. The first kappa shape index (κ1) is 42.9. The first-order chi connectivity index (χ1) is 30.1. The summed E-state index contributed by atoms with van der Waals surface area (Å²) in [5.74, 6) is 6.87. The summed E-state index contributed by atoms with van der Waals surface area (Å²) in [6, 6.07) is 12.6. The molecule has 326 valence electrons. The fraction of sp³-hybridized carbons (Fsp3) is 0.500. The van der Waals surface area contributed by atoms with Gasteiger partial charge < -0.3 is 25.3 Å². The van der Waals surface area contributed by atoms with Crippen LogP contribution in [0.15, 0.2) is 53.6 Å². The van der Waals surface area contributed by atoms with E-state index in [0.717, 1.165) is 87.0 Å². The molecule has 2 aromatic heterocycles. The quantitative estimate of drug-likeness (QED) is 0.0853. The zero-order valence-electron chi connectivity index (χ0n) is 35.5. The van der Waals surface area contributed by atoms with Crippen LogP contribution in [0.25, 0.3) is 11.0 Å². The number of hydrogen-bond donors (Lipinski definition) is 3. The van der Waals surface area contributed by atoms with Crippen LogP contribution >= 0.6 is 11.6 Å². The maximum atomic E-state index is 14.5. The van der Waals surface area contributed by atoms with E-state index in [9.17, 15) is 24.0 Å². The highest BCUT2D eigenvalue weighted by Crippen LogP contribution is 2.40. The molecule has 4 aliphatic heterocycles. The molecule has 6 heterocycles. The van der Waals surface area contributed by atoms with Crippen molar-refractivity contribution >= 4 is 63.6 Å². The zero-order chi connectivity index (χ0) is 43.3. The van der Waals surface area contributed by atoms with Crippen molar-refractivity contribution in [3.63, 3.8) is 0 Å². The number of para-hydroxylation sites is 1. The van der Waals surface area contributed by atoms with Gasteiger partial charge in [-0.3, -0.25) is 33.6 Å². The number of piperidine rings is 1. The number of unbranched alkanes of at least 4 members (excludes halogenated alkanes) is 6. The Labute approximate surface area is 366 Å². The number of likely N-dealkylation sites (N-methyl/N-ethyl adjacent to an activating group) is 1. The van der Waals surface area contributed by atoms with E-state index in [1.807, 2.05) is 54.3 Å². The van der Waals surface area contributed by atoms with Gasteiger partial charge >= 0.3 is 5.69 Å². The third kappa shape index (κ3) is 8.94. The number of benzene rings is 2. The number of aryl methyl sites for hydroxylation is 1. The van der Waals surface area contributed by atoms with Gasteiger partial charge in [0.25, 0.3) is 0 Å². The van der Waals surface area contributed by atoms with Crippen molar-refractivity contribution in [2.45, 2.75) is 102 Å². The lowest BCUT2D eigenvalue weighted by Crippen LogP contribution is -2.58. The van der Waals surface area contributed by atoms with E-state index in [-0.39, 0.29) is 54.4 Å². The van der Waals surface area contributed by atoms with Crippen LogP contribution < -0.4 is 31.4 Å². The predicted molar refractivity (Wildman–Crippen MR) is 239 cm³/mol. The van der Waals surface area contributed by atoms with Crippen molar-refractivity contribution in [3.05, 3.63) is 75.4 Å². The molecule has 0 radical (unpaired) electrons. The highest BCUT2D eigenvalue weighted by molar-refractivity contribution is 6.30. The molecule has 16 heteroatoms.